The van der Waals surface area contributed by atoms with Crippen molar-refractivity contribution in [2.75, 3.05) is 13.1 Å². The van der Waals surface area contributed by atoms with Gasteiger partial charge in [0.1, 0.15) is 11.0 Å². The van der Waals surface area contributed by atoms with E-state index in [9.17, 15) is 0 Å². The predicted octanol–water partition coefficient (Wildman–Crippen LogP) is 1.85. The lowest BCUT2D eigenvalue weighted by molar-refractivity contribution is 0.442. The van der Waals surface area contributed by atoms with Gasteiger partial charge in [-0.15, -0.1) is 10.2 Å². The average molecular weight is 237 g/mol. The molecule has 2 aromatic rings. The number of hydrogen-bond donors (Lipinski definition) is 1. The molecular weight excluding hydrogens is 224 g/mol. The molecule has 3 rings (SSSR count). The number of piperidine rings is 1. The van der Waals surface area contributed by atoms with E-state index in [0.717, 1.165) is 37.4 Å². The molecule has 0 atom stereocenters. The first-order valence-corrected chi connectivity index (χ1v) is 5.94. The van der Waals surface area contributed by atoms with Crippen LogP contribution in [-0.2, 0) is 0 Å². The first kappa shape index (κ1) is 10.1. The van der Waals surface area contributed by atoms with Crippen LogP contribution in [0.4, 0.5) is 0 Å². The lowest BCUT2D eigenvalue weighted by atomic mass is 9.97. The number of pyridine rings is 1. The van der Waals surface area contributed by atoms with Crippen LogP contribution in [0.25, 0.3) is 5.65 Å². The Bertz CT molecular complexity index is 502. The number of nitrogens with one attached hydrogen (secondary N) is 1. The van der Waals surface area contributed by atoms with Gasteiger partial charge < -0.3 is 5.32 Å². The summed E-state index contributed by atoms with van der Waals surface area (Å²) < 4.78 is 1.96. The largest absolute Gasteiger partial charge is 0.317 e. The molecule has 0 radical (unpaired) electrons. The summed E-state index contributed by atoms with van der Waals surface area (Å²) in [5.74, 6) is 1.47. The van der Waals surface area contributed by atoms with Gasteiger partial charge in [-0.25, -0.2) is 0 Å². The predicted molar refractivity (Wildman–Crippen MR) is 62.8 cm³/mol. The van der Waals surface area contributed by atoms with Gasteiger partial charge in [0.15, 0.2) is 5.65 Å². The number of aromatic nitrogens is 3. The standard InChI is InChI=1S/C11H13ClN4/c12-9-2-1-3-10-14-15-11(16(9)10)8-4-6-13-7-5-8/h1-3,8,13H,4-7H2. The van der Waals surface area contributed by atoms with Crippen molar-refractivity contribution in [3.8, 4) is 0 Å². The van der Waals surface area contributed by atoms with Gasteiger partial charge in [-0.2, -0.15) is 0 Å². The summed E-state index contributed by atoms with van der Waals surface area (Å²) in [5.41, 5.74) is 0.834. The van der Waals surface area contributed by atoms with Gasteiger partial charge >= 0.3 is 0 Å². The Kier molecular flexibility index (Phi) is 2.53. The first-order valence-electron chi connectivity index (χ1n) is 5.56. The molecule has 1 aliphatic heterocycles. The Morgan fingerprint density at radius 2 is 2.06 bits per heavy atom. The van der Waals surface area contributed by atoms with Crippen molar-refractivity contribution in [2.45, 2.75) is 18.8 Å². The van der Waals surface area contributed by atoms with Gasteiger partial charge in [-0.05, 0) is 38.1 Å². The quantitative estimate of drug-likeness (QED) is 0.769. The van der Waals surface area contributed by atoms with Gasteiger partial charge in [0, 0.05) is 5.92 Å². The van der Waals surface area contributed by atoms with Crippen molar-refractivity contribution >= 4 is 17.2 Å². The summed E-state index contributed by atoms with van der Waals surface area (Å²) >= 11 is 6.19. The summed E-state index contributed by atoms with van der Waals surface area (Å²) in [6, 6.07) is 5.71. The van der Waals surface area contributed by atoms with E-state index in [2.05, 4.69) is 15.5 Å². The molecule has 0 unspecified atom stereocenters. The maximum absolute atomic E-state index is 6.19. The van der Waals surface area contributed by atoms with Gasteiger partial charge in [-0.1, -0.05) is 17.7 Å². The number of hydrogen-bond acceptors (Lipinski definition) is 3. The van der Waals surface area contributed by atoms with Crippen molar-refractivity contribution in [1.29, 1.82) is 0 Å². The Morgan fingerprint density at radius 1 is 1.25 bits per heavy atom. The lowest BCUT2D eigenvalue weighted by Crippen LogP contribution is -2.27. The van der Waals surface area contributed by atoms with Crippen LogP contribution >= 0.6 is 11.6 Å². The molecule has 2 aromatic heterocycles. The highest BCUT2D eigenvalue weighted by molar-refractivity contribution is 6.29. The summed E-state index contributed by atoms with van der Waals surface area (Å²) in [4.78, 5) is 0. The Morgan fingerprint density at radius 3 is 2.88 bits per heavy atom. The Balaban J connectivity index is 2.09. The zero-order valence-corrected chi connectivity index (χ0v) is 9.61. The molecule has 1 aliphatic rings. The third-order valence-corrected chi connectivity index (χ3v) is 3.41. The molecule has 0 bridgehead atoms. The molecular formula is C11H13ClN4. The van der Waals surface area contributed by atoms with Crippen molar-refractivity contribution in [2.24, 2.45) is 0 Å². The summed E-state index contributed by atoms with van der Waals surface area (Å²) in [6.45, 7) is 2.09. The third-order valence-electron chi connectivity index (χ3n) is 3.11. The summed E-state index contributed by atoms with van der Waals surface area (Å²) in [7, 11) is 0. The highest BCUT2D eigenvalue weighted by Gasteiger charge is 2.21. The van der Waals surface area contributed by atoms with E-state index in [4.69, 9.17) is 11.6 Å². The monoisotopic (exact) mass is 236 g/mol. The van der Waals surface area contributed by atoms with Gasteiger partial charge in [0.25, 0.3) is 0 Å². The van der Waals surface area contributed by atoms with E-state index in [1.807, 2.05) is 22.6 Å². The second kappa shape index (κ2) is 4.03. The number of fused-ring (bicyclic) bond motifs is 1. The van der Waals surface area contributed by atoms with Gasteiger partial charge in [-0.3, -0.25) is 4.40 Å². The van der Waals surface area contributed by atoms with E-state index in [1.165, 1.54) is 0 Å². The molecule has 1 saturated heterocycles. The highest BCUT2D eigenvalue weighted by atomic mass is 35.5. The van der Waals surface area contributed by atoms with Gasteiger partial charge in [0.2, 0.25) is 0 Å². The maximum Gasteiger partial charge on any atom is 0.161 e. The molecule has 16 heavy (non-hydrogen) atoms. The van der Waals surface area contributed by atoms with E-state index in [1.54, 1.807) is 0 Å². The van der Waals surface area contributed by atoms with Crippen LogP contribution in [0.5, 0.6) is 0 Å². The molecule has 0 aliphatic carbocycles. The Labute approximate surface area is 98.6 Å². The van der Waals surface area contributed by atoms with Crippen LogP contribution in [0.2, 0.25) is 5.15 Å². The molecule has 84 valence electrons. The second-order valence-corrected chi connectivity index (χ2v) is 4.51. The summed E-state index contributed by atoms with van der Waals surface area (Å²) in [6.07, 6.45) is 2.21. The van der Waals surface area contributed by atoms with Crippen LogP contribution in [-0.4, -0.2) is 27.7 Å². The maximum atomic E-state index is 6.19. The molecule has 5 heteroatoms. The SMILES string of the molecule is Clc1cccc2nnc(C3CCNCC3)n12. The van der Waals surface area contributed by atoms with Crippen molar-refractivity contribution in [1.82, 2.24) is 19.9 Å². The van der Waals surface area contributed by atoms with E-state index < -0.39 is 0 Å². The smallest absolute Gasteiger partial charge is 0.161 e. The fourth-order valence-corrected chi connectivity index (χ4v) is 2.51. The fraction of sp³-hybridized carbons (Fsp3) is 0.455. The molecule has 3 heterocycles. The molecule has 0 amide bonds. The molecule has 0 spiro atoms. The molecule has 4 nitrogen and oxygen atoms in total. The minimum atomic E-state index is 0.469. The van der Waals surface area contributed by atoms with Crippen LogP contribution in [0.3, 0.4) is 0 Å². The molecule has 1 N–H and O–H groups in total. The first-order chi connectivity index (χ1) is 7.86. The zero-order valence-electron chi connectivity index (χ0n) is 8.86. The summed E-state index contributed by atoms with van der Waals surface area (Å²) in [5, 5.41) is 12.5. The van der Waals surface area contributed by atoms with Crippen molar-refractivity contribution in [3.05, 3.63) is 29.2 Å². The molecule has 0 saturated carbocycles. The Hall–Kier alpha value is -1.13. The minimum Gasteiger partial charge on any atom is -0.317 e. The van der Waals surface area contributed by atoms with Crippen molar-refractivity contribution < 1.29 is 0 Å². The number of rotatable bonds is 1. The van der Waals surface area contributed by atoms with Crippen LogP contribution < -0.4 is 5.32 Å². The van der Waals surface area contributed by atoms with Crippen LogP contribution in [0.15, 0.2) is 18.2 Å². The molecule has 0 aromatic carbocycles. The third kappa shape index (κ3) is 1.58. The number of halogens is 1. The normalized spacial score (nSPS) is 18.1. The molecule has 1 fully saturated rings. The van der Waals surface area contributed by atoms with Crippen LogP contribution in [0, 0.1) is 0 Å². The lowest BCUT2D eigenvalue weighted by Gasteiger charge is -2.21. The van der Waals surface area contributed by atoms with Gasteiger partial charge in [0.05, 0.1) is 0 Å². The minimum absolute atomic E-state index is 0.469. The topological polar surface area (TPSA) is 42.2 Å². The average Bonchev–Trinajstić information content (AvgIpc) is 2.75. The highest BCUT2D eigenvalue weighted by Crippen LogP contribution is 2.26. The van der Waals surface area contributed by atoms with E-state index in [-0.39, 0.29) is 0 Å². The second-order valence-electron chi connectivity index (χ2n) is 4.12. The zero-order chi connectivity index (χ0) is 11.0. The van der Waals surface area contributed by atoms with Crippen molar-refractivity contribution in [3.63, 3.8) is 0 Å². The fourth-order valence-electron chi connectivity index (χ4n) is 2.27. The number of nitrogens with zero attached hydrogens (tertiary/aromatic N) is 3. The van der Waals surface area contributed by atoms with Crippen LogP contribution in [0.1, 0.15) is 24.6 Å². The van der Waals surface area contributed by atoms with E-state index in [0.29, 0.717) is 11.1 Å². The van der Waals surface area contributed by atoms with E-state index >= 15 is 0 Å².